The summed E-state index contributed by atoms with van der Waals surface area (Å²) < 4.78 is 3.82. The van der Waals surface area contributed by atoms with Gasteiger partial charge in [-0.1, -0.05) is 0 Å². The molecule has 0 aliphatic heterocycles. The van der Waals surface area contributed by atoms with Crippen molar-refractivity contribution in [3.8, 4) is 0 Å². The first kappa shape index (κ1) is 5.47. The molecule has 0 saturated carbocycles. The van der Waals surface area contributed by atoms with Gasteiger partial charge in [0.1, 0.15) is 0 Å². The van der Waals surface area contributed by atoms with Crippen molar-refractivity contribution in [3.05, 3.63) is 10.6 Å². The Morgan fingerprint density at radius 1 is 1.88 bits per heavy atom. The molecule has 1 rings (SSSR count). The maximum absolute atomic E-state index is 10.0. The van der Waals surface area contributed by atoms with E-state index in [9.17, 15) is 4.79 Å². The number of carboxylic acids is 1. The minimum absolute atomic E-state index is 0.272. The standard InChI is InChI=1S/C3H2N2O2Se/c6-3(7)2-1-4-5-8-2/h1H,(H,6,7). The Bertz CT molecular complexity index is 183. The SMILES string of the molecule is O=C(O)c1cnn[se]1. The van der Waals surface area contributed by atoms with Gasteiger partial charge in [0, 0.05) is 0 Å². The van der Waals surface area contributed by atoms with Crippen molar-refractivity contribution >= 4 is 20.7 Å². The van der Waals surface area contributed by atoms with Gasteiger partial charge in [0.05, 0.1) is 0 Å². The summed E-state index contributed by atoms with van der Waals surface area (Å²) in [6, 6.07) is 0. The van der Waals surface area contributed by atoms with Crippen molar-refractivity contribution < 1.29 is 9.90 Å². The Kier molecular flexibility index (Phi) is 1.41. The molecule has 0 radical (unpaired) electrons. The van der Waals surface area contributed by atoms with Crippen molar-refractivity contribution in [2.24, 2.45) is 0 Å². The average Bonchev–Trinajstić information content (AvgIpc) is 2.12. The van der Waals surface area contributed by atoms with Gasteiger partial charge in [0.25, 0.3) is 0 Å². The second-order valence-corrected chi connectivity index (χ2v) is 2.74. The number of carboxylic acid groups (broad SMARTS) is 1. The van der Waals surface area contributed by atoms with Crippen molar-refractivity contribution in [2.45, 2.75) is 0 Å². The summed E-state index contributed by atoms with van der Waals surface area (Å²) in [6.07, 6.45) is 1.28. The number of nitrogens with zero attached hydrogens (tertiary/aromatic N) is 2. The van der Waals surface area contributed by atoms with Crippen molar-refractivity contribution in [2.75, 3.05) is 0 Å². The topological polar surface area (TPSA) is 63.1 Å². The van der Waals surface area contributed by atoms with Gasteiger partial charge < -0.3 is 0 Å². The molecule has 0 fully saturated rings. The first-order valence-corrected chi connectivity index (χ1v) is 3.43. The number of aromatic nitrogens is 2. The van der Waals surface area contributed by atoms with Crippen molar-refractivity contribution in [3.63, 3.8) is 0 Å². The van der Waals surface area contributed by atoms with Crippen LogP contribution in [0.5, 0.6) is 0 Å². The number of carbonyl (C=O) groups is 1. The zero-order chi connectivity index (χ0) is 5.98. The summed E-state index contributed by atoms with van der Waals surface area (Å²) in [4.78, 5) is 10.0. The molecule has 0 aliphatic rings. The fourth-order valence-corrected chi connectivity index (χ4v) is 1.01. The van der Waals surface area contributed by atoms with Crippen LogP contribution in [0.2, 0.25) is 0 Å². The van der Waals surface area contributed by atoms with E-state index in [2.05, 4.69) is 9.19 Å². The zero-order valence-corrected chi connectivity index (χ0v) is 5.45. The maximum atomic E-state index is 10.0. The Hall–Kier alpha value is -0.671. The van der Waals surface area contributed by atoms with Crippen LogP contribution in [-0.4, -0.2) is 35.0 Å². The quantitative estimate of drug-likeness (QED) is 0.572. The van der Waals surface area contributed by atoms with Gasteiger partial charge in [-0.2, -0.15) is 0 Å². The minimum atomic E-state index is -0.907. The second-order valence-electron chi connectivity index (χ2n) is 1.09. The Labute approximate surface area is 51.1 Å². The van der Waals surface area contributed by atoms with Crippen LogP contribution in [0, 0.1) is 0 Å². The molecule has 0 aliphatic carbocycles. The molecular weight excluding hydrogens is 175 g/mol. The zero-order valence-electron chi connectivity index (χ0n) is 3.74. The molecular formula is C3H2N2O2Se. The number of rotatable bonds is 1. The molecule has 1 heterocycles. The van der Waals surface area contributed by atoms with E-state index in [4.69, 9.17) is 5.11 Å². The molecule has 0 atom stereocenters. The van der Waals surface area contributed by atoms with E-state index in [-0.39, 0.29) is 14.7 Å². The van der Waals surface area contributed by atoms with Crippen LogP contribution in [0.1, 0.15) is 9.23 Å². The third-order valence-corrected chi connectivity index (χ3v) is 1.94. The van der Waals surface area contributed by atoms with Gasteiger partial charge in [0.15, 0.2) is 0 Å². The monoisotopic (exact) mass is 178 g/mol. The summed E-state index contributed by atoms with van der Waals surface area (Å²) in [5, 5.41) is 11.6. The number of hydrogen-bond acceptors (Lipinski definition) is 3. The van der Waals surface area contributed by atoms with Gasteiger partial charge in [-0.15, -0.1) is 0 Å². The van der Waals surface area contributed by atoms with E-state index in [1.165, 1.54) is 6.20 Å². The van der Waals surface area contributed by atoms with E-state index in [0.717, 1.165) is 0 Å². The summed E-state index contributed by atoms with van der Waals surface area (Å²) in [6.45, 7) is 0. The third-order valence-electron chi connectivity index (χ3n) is 0.572. The number of hydrogen-bond donors (Lipinski definition) is 1. The molecule has 5 heteroatoms. The Morgan fingerprint density at radius 3 is 2.88 bits per heavy atom. The molecule has 1 N–H and O–H groups in total. The summed E-state index contributed by atoms with van der Waals surface area (Å²) >= 11 is -0.272. The molecule has 0 spiro atoms. The van der Waals surface area contributed by atoms with Crippen molar-refractivity contribution in [1.82, 2.24) is 9.19 Å². The third kappa shape index (κ3) is 0.936. The fraction of sp³-hybridized carbons (Fsp3) is 0. The van der Waals surface area contributed by atoms with Crippen molar-refractivity contribution in [1.29, 1.82) is 0 Å². The summed E-state index contributed by atoms with van der Waals surface area (Å²) in [5.74, 6) is -0.907. The average molecular weight is 177 g/mol. The fourth-order valence-electron chi connectivity index (χ4n) is 0.261. The molecule has 1 aromatic rings. The number of aromatic carboxylic acids is 1. The predicted octanol–water partition coefficient (Wildman–Crippen LogP) is -0.768. The van der Waals surface area contributed by atoms with Crippen LogP contribution in [0.4, 0.5) is 0 Å². The van der Waals surface area contributed by atoms with E-state index in [1.54, 1.807) is 0 Å². The first-order valence-electron chi connectivity index (χ1n) is 1.81. The van der Waals surface area contributed by atoms with Crippen LogP contribution in [0.3, 0.4) is 0 Å². The van der Waals surface area contributed by atoms with Gasteiger partial charge in [-0.25, -0.2) is 0 Å². The van der Waals surface area contributed by atoms with E-state index >= 15 is 0 Å². The van der Waals surface area contributed by atoms with Gasteiger partial charge in [0.2, 0.25) is 0 Å². The summed E-state index contributed by atoms with van der Waals surface area (Å²) in [7, 11) is 0. The second kappa shape index (κ2) is 2.07. The van der Waals surface area contributed by atoms with Crippen LogP contribution in [-0.2, 0) is 0 Å². The Morgan fingerprint density at radius 2 is 2.62 bits per heavy atom. The van der Waals surface area contributed by atoms with Crippen LogP contribution in [0.25, 0.3) is 0 Å². The molecule has 4 nitrogen and oxygen atoms in total. The molecule has 42 valence electrons. The van der Waals surface area contributed by atoms with Gasteiger partial charge in [-0.3, -0.25) is 0 Å². The van der Waals surface area contributed by atoms with Gasteiger partial charge in [-0.05, 0) is 0 Å². The van der Waals surface area contributed by atoms with Crippen LogP contribution in [0.15, 0.2) is 6.20 Å². The van der Waals surface area contributed by atoms with E-state index in [0.29, 0.717) is 4.44 Å². The molecule has 0 bridgehead atoms. The normalized spacial score (nSPS) is 9.00. The van der Waals surface area contributed by atoms with E-state index in [1.807, 2.05) is 0 Å². The Balaban J connectivity index is 2.93. The summed E-state index contributed by atoms with van der Waals surface area (Å²) in [5.41, 5.74) is 0. The molecule has 8 heavy (non-hydrogen) atoms. The first-order chi connectivity index (χ1) is 3.80. The molecule has 0 saturated heterocycles. The van der Waals surface area contributed by atoms with Crippen LogP contribution < -0.4 is 0 Å². The predicted molar refractivity (Wildman–Crippen MR) is 25.9 cm³/mol. The van der Waals surface area contributed by atoms with E-state index < -0.39 is 5.97 Å². The molecule has 0 unspecified atom stereocenters. The molecule has 0 amide bonds. The molecule has 1 aromatic heterocycles. The van der Waals surface area contributed by atoms with Crippen LogP contribution >= 0.6 is 0 Å². The van der Waals surface area contributed by atoms with Gasteiger partial charge >= 0.3 is 50.4 Å². The molecule has 0 aromatic carbocycles.